The van der Waals surface area contributed by atoms with Gasteiger partial charge in [0.1, 0.15) is 0 Å². The van der Waals surface area contributed by atoms with Crippen LogP contribution < -0.4 is 0 Å². The minimum atomic E-state index is -0.984. The highest BCUT2D eigenvalue weighted by atomic mass is 32.2. The molecule has 0 saturated carbocycles. The van der Waals surface area contributed by atoms with E-state index in [1.165, 1.54) is 28.8 Å². The van der Waals surface area contributed by atoms with Crippen LogP contribution in [0.2, 0.25) is 0 Å². The van der Waals surface area contributed by atoms with Crippen molar-refractivity contribution in [1.82, 2.24) is 4.90 Å². The van der Waals surface area contributed by atoms with Gasteiger partial charge in [0.15, 0.2) is 5.17 Å². The van der Waals surface area contributed by atoms with Crippen LogP contribution in [0.4, 0.5) is 5.69 Å². The fraction of sp³-hybridized carbons (Fsp3) is 0.0455. The number of thioether (sulfide) groups is 1. The summed E-state index contributed by atoms with van der Waals surface area (Å²) in [6, 6.07) is 18.4. The summed E-state index contributed by atoms with van der Waals surface area (Å²) >= 11 is 2.90. The Morgan fingerprint density at radius 3 is 2.48 bits per heavy atom. The number of carboxylic acid groups (broad SMARTS) is 1. The normalized spacial score (nSPS) is 16.7. The van der Waals surface area contributed by atoms with Crippen LogP contribution >= 0.6 is 23.1 Å². The summed E-state index contributed by atoms with van der Waals surface area (Å²) in [6.07, 6.45) is 1.89. The number of hydrogen-bond acceptors (Lipinski definition) is 5. The van der Waals surface area contributed by atoms with E-state index in [0.717, 1.165) is 16.0 Å². The van der Waals surface area contributed by atoms with Crippen LogP contribution in [0, 0.1) is 0 Å². The number of thiophene rings is 1. The number of carbonyl (C=O) groups excluding carboxylic acids is 1. The lowest BCUT2D eigenvalue weighted by Gasteiger charge is -2.07. The lowest BCUT2D eigenvalue weighted by Crippen LogP contribution is -2.23. The van der Waals surface area contributed by atoms with E-state index in [4.69, 9.17) is 5.11 Å². The number of aromatic carboxylic acids is 1. The molecule has 4 rings (SSSR count). The highest BCUT2D eigenvalue weighted by Crippen LogP contribution is 2.35. The first-order valence-electron chi connectivity index (χ1n) is 8.75. The monoisotopic (exact) mass is 420 g/mol. The first kappa shape index (κ1) is 19.2. The minimum Gasteiger partial charge on any atom is -0.478 e. The van der Waals surface area contributed by atoms with Crippen LogP contribution in [0.3, 0.4) is 0 Å². The Bertz CT molecular complexity index is 1130. The molecule has 2 heterocycles. The number of benzene rings is 2. The molecule has 0 spiro atoms. The molecule has 0 aliphatic carbocycles. The van der Waals surface area contributed by atoms with Crippen molar-refractivity contribution in [1.29, 1.82) is 0 Å². The summed E-state index contributed by atoms with van der Waals surface area (Å²) in [5, 5.41) is 11.6. The van der Waals surface area contributed by atoms with Crippen molar-refractivity contribution in [2.24, 2.45) is 4.99 Å². The zero-order chi connectivity index (χ0) is 20.4. The summed E-state index contributed by atoms with van der Waals surface area (Å²) in [6.45, 7) is 0. The summed E-state index contributed by atoms with van der Waals surface area (Å²) in [5.41, 5.74) is 3.06. The molecular weight excluding hydrogens is 404 g/mol. The highest BCUT2D eigenvalue weighted by molar-refractivity contribution is 8.18. The summed E-state index contributed by atoms with van der Waals surface area (Å²) in [7, 11) is 1.68. The summed E-state index contributed by atoms with van der Waals surface area (Å²) in [4.78, 5) is 31.2. The highest BCUT2D eigenvalue weighted by Gasteiger charge is 2.30. The maximum Gasteiger partial charge on any atom is 0.335 e. The van der Waals surface area contributed by atoms with Gasteiger partial charge in [-0.25, -0.2) is 9.79 Å². The summed E-state index contributed by atoms with van der Waals surface area (Å²) in [5.74, 6) is -1.09. The maximum atomic E-state index is 12.6. The molecule has 1 aliphatic rings. The number of aliphatic imine (C=N–C) groups is 1. The molecular formula is C22H16N2O3S2. The molecule has 3 aromatic rings. The fourth-order valence-corrected chi connectivity index (χ4v) is 4.68. The zero-order valence-electron chi connectivity index (χ0n) is 15.4. The molecule has 144 valence electrons. The molecule has 29 heavy (non-hydrogen) atoms. The van der Waals surface area contributed by atoms with Crippen molar-refractivity contribution in [2.45, 2.75) is 0 Å². The first-order valence-corrected chi connectivity index (χ1v) is 10.4. The molecule has 2 aromatic carbocycles. The fourth-order valence-electron chi connectivity index (χ4n) is 2.78. The molecule has 1 aliphatic heterocycles. The number of rotatable bonds is 4. The van der Waals surface area contributed by atoms with Crippen molar-refractivity contribution >= 4 is 51.9 Å². The number of likely N-dealkylation sites (N-methyl/N-ethyl adjacent to an activating group) is 1. The smallest absolute Gasteiger partial charge is 0.335 e. The third kappa shape index (κ3) is 4.16. The predicted octanol–water partition coefficient (Wildman–Crippen LogP) is 5.35. The summed E-state index contributed by atoms with van der Waals surface area (Å²) < 4.78 is 0. The average molecular weight is 421 g/mol. The van der Waals surface area contributed by atoms with E-state index >= 15 is 0 Å². The van der Waals surface area contributed by atoms with Gasteiger partial charge in [-0.1, -0.05) is 30.3 Å². The van der Waals surface area contributed by atoms with Gasteiger partial charge in [0, 0.05) is 11.9 Å². The number of amidine groups is 1. The first-order chi connectivity index (χ1) is 14.0. The lowest BCUT2D eigenvalue weighted by atomic mass is 10.1. The van der Waals surface area contributed by atoms with E-state index in [2.05, 4.69) is 28.6 Å². The van der Waals surface area contributed by atoms with Crippen molar-refractivity contribution in [3.63, 3.8) is 0 Å². The van der Waals surface area contributed by atoms with Gasteiger partial charge in [-0.2, -0.15) is 0 Å². The molecule has 0 atom stereocenters. The van der Waals surface area contributed by atoms with Gasteiger partial charge in [-0.15, -0.1) is 11.3 Å². The molecule has 1 fully saturated rings. The van der Waals surface area contributed by atoms with E-state index < -0.39 is 5.97 Å². The molecule has 1 N–H and O–H groups in total. The average Bonchev–Trinajstić information content (AvgIpc) is 3.30. The van der Waals surface area contributed by atoms with E-state index in [1.807, 2.05) is 24.3 Å². The number of hydrogen-bond donors (Lipinski definition) is 1. The van der Waals surface area contributed by atoms with Gasteiger partial charge in [0.05, 0.1) is 16.2 Å². The zero-order valence-corrected chi connectivity index (χ0v) is 17.0. The van der Waals surface area contributed by atoms with Crippen LogP contribution in [0.1, 0.15) is 15.2 Å². The van der Waals surface area contributed by atoms with Crippen LogP contribution in [0.15, 0.2) is 75.9 Å². The Morgan fingerprint density at radius 1 is 1.07 bits per heavy atom. The topological polar surface area (TPSA) is 70.0 Å². The second-order valence-corrected chi connectivity index (χ2v) is 8.28. The standard InChI is InChI=1S/C22H16N2O3S2/c1-24-20(25)19(12-18-11-16(13-28-18)14-5-3-2-4-6-14)29-22(24)23-17-9-7-15(8-10-17)21(26)27/h2-13H,1H3,(H,26,27). The van der Waals surface area contributed by atoms with E-state index in [0.29, 0.717) is 15.8 Å². The molecule has 1 aromatic heterocycles. The largest absolute Gasteiger partial charge is 0.478 e. The van der Waals surface area contributed by atoms with Gasteiger partial charge >= 0.3 is 5.97 Å². The third-order valence-electron chi connectivity index (χ3n) is 4.34. The van der Waals surface area contributed by atoms with Gasteiger partial charge in [0.2, 0.25) is 0 Å². The quantitative estimate of drug-likeness (QED) is 0.578. The molecule has 1 amide bonds. The van der Waals surface area contributed by atoms with Crippen LogP contribution in [0.25, 0.3) is 17.2 Å². The van der Waals surface area contributed by atoms with Gasteiger partial charge < -0.3 is 5.11 Å². The predicted molar refractivity (Wildman–Crippen MR) is 119 cm³/mol. The second kappa shape index (κ2) is 8.06. The number of carboxylic acids is 1. The Morgan fingerprint density at radius 2 is 1.79 bits per heavy atom. The van der Waals surface area contributed by atoms with Crippen molar-refractivity contribution < 1.29 is 14.7 Å². The van der Waals surface area contributed by atoms with Crippen molar-refractivity contribution in [3.8, 4) is 11.1 Å². The van der Waals surface area contributed by atoms with E-state index in [1.54, 1.807) is 30.5 Å². The SMILES string of the molecule is CN1C(=O)C(=Cc2cc(-c3ccccc3)cs2)SC1=Nc1ccc(C(=O)O)cc1. The minimum absolute atomic E-state index is 0.106. The third-order valence-corrected chi connectivity index (χ3v) is 6.28. The second-order valence-electron chi connectivity index (χ2n) is 6.33. The Hall–Kier alpha value is -3.16. The Kier molecular flexibility index (Phi) is 5.33. The molecule has 0 unspecified atom stereocenters. The van der Waals surface area contributed by atoms with Gasteiger partial charge in [0.25, 0.3) is 5.91 Å². The Balaban J connectivity index is 1.56. The molecule has 0 radical (unpaired) electrons. The number of carbonyl (C=O) groups is 2. The van der Waals surface area contributed by atoms with Crippen LogP contribution in [-0.4, -0.2) is 34.1 Å². The number of amides is 1. The van der Waals surface area contributed by atoms with E-state index in [9.17, 15) is 9.59 Å². The number of nitrogens with zero attached hydrogens (tertiary/aromatic N) is 2. The van der Waals surface area contributed by atoms with Crippen LogP contribution in [-0.2, 0) is 4.79 Å². The molecule has 0 bridgehead atoms. The molecule has 7 heteroatoms. The van der Waals surface area contributed by atoms with E-state index in [-0.39, 0.29) is 11.5 Å². The maximum absolute atomic E-state index is 12.6. The van der Waals surface area contributed by atoms with Crippen molar-refractivity contribution in [3.05, 3.63) is 81.4 Å². The van der Waals surface area contributed by atoms with Crippen molar-refractivity contribution in [2.75, 3.05) is 7.05 Å². The Labute approximate surface area is 176 Å². The van der Waals surface area contributed by atoms with Gasteiger partial charge in [-0.3, -0.25) is 9.69 Å². The lowest BCUT2D eigenvalue weighted by molar-refractivity contribution is -0.121. The van der Waals surface area contributed by atoms with Gasteiger partial charge in [-0.05, 0) is 64.7 Å². The molecule has 1 saturated heterocycles. The molecule has 5 nitrogen and oxygen atoms in total. The van der Waals surface area contributed by atoms with Crippen LogP contribution in [0.5, 0.6) is 0 Å².